The molecule has 0 unspecified atom stereocenters. The van der Waals surface area contributed by atoms with Gasteiger partial charge in [-0.15, -0.1) is 0 Å². The molecule has 0 aliphatic heterocycles. The lowest BCUT2D eigenvalue weighted by molar-refractivity contribution is 0.331. The van der Waals surface area contributed by atoms with Gasteiger partial charge in [0, 0.05) is 27.2 Å². The molecule has 1 aromatic carbocycles. The van der Waals surface area contributed by atoms with E-state index in [-0.39, 0.29) is 0 Å². The highest BCUT2D eigenvalue weighted by Gasteiger charge is 2.22. The summed E-state index contributed by atoms with van der Waals surface area (Å²) >= 11 is 0. The standard InChI is InChI=1S/C21H32N6/c1-4-22-21(26(2)15-20-24-16-25-27(20)3)23-14-17-10-12-19(13-11-17)18-8-6-5-7-9-18/h5-9,16-17,19H,4,10-15H2,1-3H3,(H,22,23). The molecule has 1 saturated carbocycles. The SMILES string of the molecule is CCNC(=NCC1CCC(c2ccccc2)CC1)N(C)Cc1ncnn1C. The molecular weight excluding hydrogens is 336 g/mol. The van der Waals surface area contributed by atoms with Crippen molar-refractivity contribution in [3.05, 3.63) is 48.0 Å². The zero-order chi connectivity index (χ0) is 19.1. The number of aliphatic imine (C=N–C) groups is 1. The highest BCUT2D eigenvalue weighted by atomic mass is 15.4. The van der Waals surface area contributed by atoms with Crippen LogP contribution in [-0.4, -0.2) is 45.8 Å². The molecule has 0 atom stereocenters. The van der Waals surface area contributed by atoms with Gasteiger partial charge in [-0.1, -0.05) is 30.3 Å². The van der Waals surface area contributed by atoms with E-state index in [2.05, 4.69) is 64.6 Å². The predicted molar refractivity (Wildman–Crippen MR) is 110 cm³/mol. The van der Waals surface area contributed by atoms with Crippen LogP contribution in [0.5, 0.6) is 0 Å². The average molecular weight is 369 g/mol. The lowest BCUT2D eigenvalue weighted by Gasteiger charge is -2.28. The third kappa shape index (κ3) is 5.31. The van der Waals surface area contributed by atoms with Crippen molar-refractivity contribution in [1.29, 1.82) is 0 Å². The van der Waals surface area contributed by atoms with E-state index in [0.29, 0.717) is 12.5 Å². The predicted octanol–water partition coefficient (Wildman–Crippen LogP) is 3.19. The number of benzene rings is 1. The lowest BCUT2D eigenvalue weighted by Crippen LogP contribution is -2.39. The first-order valence-electron chi connectivity index (χ1n) is 10.0. The summed E-state index contributed by atoms with van der Waals surface area (Å²) < 4.78 is 1.81. The van der Waals surface area contributed by atoms with E-state index in [1.54, 1.807) is 6.33 Å². The van der Waals surface area contributed by atoms with Gasteiger partial charge in [-0.25, -0.2) is 4.98 Å². The first kappa shape index (κ1) is 19.4. The topological polar surface area (TPSA) is 58.3 Å². The lowest BCUT2D eigenvalue weighted by atomic mass is 9.79. The van der Waals surface area contributed by atoms with E-state index in [9.17, 15) is 0 Å². The highest BCUT2D eigenvalue weighted by molar-refractivity contribution is 5.79. The van der Waals surface area contributed by atoms with Crippen LogP contribution < -0.4 is 5.32 Å². The fraction of sp³-hybridized carbons (Fsp3) is 0.571. The van der Waals surface area contributed by atoms with Gasteiger partial charge in [0.2, 0.25) is 0 Å². The summed E-state index contributed by atoms with van der Waals surface area (Å²) in [4.78, 5) is 11.4. The molecule has 1 aliphatic carbocycles. The summed E-state index contributed by atoms with van der Waals surface area (Å²) in [7, 11) is 3.98. The number of aromatic nitrogens is 3. The summed E-state index contributed by atoms with van der Waals surface area (Å²) in [6.07, 6.45) is 6.66. The monoisotopic (exact) mass is 368 g/mol. The van der Waals surface area contributed by atoms with Crippen LogP contribution in [0.25, 0.3) is 0 Å². The van der Waals surface area contributed by atoms with E-state index in [4.69, 9.17) is 4.99 Å². The van der Waals surface area contributed by atoms with E-state index < -0.39 is 0 Å². The molecule has 3 rings (SSSR count). The van der Waals surface area contributed by atoms with E-state index in [1.165, 1.54) is 31.2 Å². The van der Waals surface area contributed by atoms with Crippen LogP contribution in [0.15, 0.2) is 41.7 Å². The largest absolute Gasteiger partial charge is 0.357 e. The third-order valence-corrected chi connectivity index (χ3v) is 5.50. The molecule has 0 amide bonds. The molecular formula is C21H32N6. The van der Waals surface area contributed by atoms with E-state index >= 15 is 0 Å². The van der Waals surface area contributed by atoms with Crippen LogP contribution in [0.4, 0.5) is 0 Å². The fourth-order valence-electron chi connectivity index (χ4n) is 3.84. The van der Waals surface area contributed by atoms with Gasteiger partial charge in [-0.2, -0.15) is 5.10 Å². The Morgan fingerprint density at radius 2 is 1.96 bits per heavy atom. The maximum Gasteiger partial charge on any atom is 0.194 e. The molecule has 146 valence electrons. The number of guanidine groups is 1. The summed E-state index contributed by atoms with van der Waals surface area (Å²) in [6.45, 7) is 4.57. The Labute approximate surface area is 162 Å². The zero-order valence-corrected chi connectivity index (χ0v) is 16.8. The van der Waals surface area contributed by atoms with E-state index in [0.717, 1.165) is 30.8 Å². The molecule has 1 aromatic heterocycles. The van der Waals surface area contributed by atoms with Crippen molar-refractivity contribution in [3.63, 3.8) is 0 Å². The van der Waals surface area contributed by atoms with Crippen LogP contribution in [0, 0.1) is 5.92 Å². The quantitative estimate of drug-likeness (QED) is 0.628. The van der Waals surface area contributed by atoms with Crippen molar-refractivity contribution < 1.29 is 0 Å². The molecule has 0 spiro atoms. The minimum absolute atomic E-state index is 0.682. The minimum Gasteiger partial charge on any atom is -0.357 e. The van der Waals surface area contributed by atoms with Crippen LogP contribution >= 0.6 is 0 Å². The Morgan fingerprint density at radius 3 is 2.59 bits per heavy atom. The summed E-state index contributed by atoms with van der Waals surface area (Å²) in [5.74, 6) is 3.29. The Balaban J connectivity index is 1.53. The van der Waals surface area contributed by atoms with Crippen molar-refractivity contribution in [3.8, 4) is 0 Å². The van der Waals surface area contributed by atoms with Crippen molar-refractivity contribution in [2.75, 3.05) is 20.1 Å². The molecule has 2 aromatic rings. The molecule has 1 fully saturated rings. The minimum atomic E-state index is 0.682. The molecule has 0 radical (unpaired) electrons. The second-order valence-electron chi connectivity index (χ2n) is 7.48. The molecule has 1 N–H and O–H groups in total. The zero-order valence-electron chi connectivity index (χ0n) is 16.8. The molecule has 27 heavy (non-hydrogen) atoms. The van der Waals surface area contributed by atoms with Crippen LogP contribution in [0.3, 0.4) is 0 Å². The van der Waals surface area contributed by atoms with Gasteiger partial charge in [0.15, 0.2) is 5.96 Å². The fourth-order valence-corrected chi connectivity index (χ4v) is 3.84. The number of nitrogens with one attached hydrogen (secondary N) is 1. The van der Waals surface area contributed by atoms with Gasteiger partial charge in [-0.05, 0) is 50.0 Å². The van der Waals surface area contributed by atoms with Gasteiger partial charge in [0.05, 0.1) is 6.54 Å². The summed E-state index contributed by atoms with van der Waals surface area (Å²) in [5, 5.41) is 7.55. The Bertz CT molecular complexity index is 715. The van der Waals surface area contributed by atoms with Crippen molar-refractivity contribution in [2.24, 2.45) is 18.0 Å². The van der Waals surface area contributed by atoms with Gasteiger partial charge in [0.25, 0.3) is 0 Å². The van der Waals surface area contributed by atoms with E-state index in [1.807, 2.05) is 11.7 Å². The third-order valence-electron chi connectivity index (χ3n) is 5.50. The van der Waals surface area contributed by atoms with Gasteiger partial charge >= 0.3 is 0 Å². The van der Waals surface area contributed by atoms with Crippen LogP contribution in [0.2, 0.25) is 0 Å². The number of hydrogen-bond donors (Lipinski definition) is 1. The number of hydrogen-bond acceptors (Lipinski definition) is 3. The Kier molecular flexibility index (Phi) is 6.85. The maximum atomic E-state index is 4.92. The summed E-state index contributed by atoms with van der Waals surface area (Å²) in [5.41, 5.74) is 1.50. The second kappa shape index (κ2) is 9.53. The maximum absolute atomic E-state index is 4.92. The molecule has 0 bridgehead atoms. The average Bonchev–Trinajstić information content (AvgIpc) is 3.10. The van der Waals surface area contributed by atoms with Crippen molar-refractivity contribution in [1.82, 2.24) is 25.0 Å². The van der Waals surface area contributed by atoms with Gasteiger partial charge in [0.1, 0.15) is 12.2 Å². The molecule has 1 heterocycles. The first-order chi connectivity index (χ1) is 13.2. The number of aryl methyl sites for hydroxylation is 1. The molecule has 0 saturated heterocycles. The van der Waals surface area contributed by atoms with Crippen LogP contribution in [0.1, 0.15) is 49.9 Å². The number of nitrogens with zero attached hydrogens (tertiary/aromatic N) is 5. The first-order valence-corrected chi connectivity index (χ1v) is 10.0. The van der Waals surface area contributed by atoms with Crippen molar-refractivity contribution >= 4 is 5.96 Å². The summed E-state index contributed by atoms with van der Waals surface area (Å²) in [6, 6.07) is 11.0. The second-order valence-corrected chi connectivity index (χ2v) is 7.48. The highest BCUT2D eigenvalue weighted by Crippen LogP contribution is 2.35. The smallest absolute Gasteiger partial charge is 0.194 e. The molecule has 1 aliphatic rings. The van der Waals surface area contributed by atoms with Crippen molar-refractivity contribution in [2.45, 2.75) is 45.1 Å². The molecule has 6 nitrogen and oxygen atoms in total. The van der Waals surface area contributed by atoms with Gasteiger partial charge < -0.3 is 10.2 Å². The molecule has 6 heteroatoms. The normalized spacial score (nSPS) is 20.5. The van der Waals surface area contributed by atoms with Crippen LogP contribution in [-0.2, 0) is 13.6 Å². The van der Waals surface area contributed by atoms with Gasteiger partial charge in [-0.3, -0.25) is 9.67 Å². The number of rotatable bonds is 6. The Morgan fingerprint density at radius 1 is 1.22 bits per heavy atom. The Hall–Kier alpha value is -2.37.